The van der Waals surface area contributed by atoms with E-state index in [-0.39, 0.29) is 11.8 Å². The molecule has 0 saturated heterocycles. The molecule has 0 aliphatic heterocycles. The quantitative estimate of drug-likeness (QED) is 0.756. The van der Waals surface area contributed by atoms with E-state index in [0.29, 0.717) is 16.1 Å². The Morgan fingerprint density at radius 2 is 1.50 bits per heavy atom. The molecule has 1 heterocycles. The Balaban J connectivity index is 1.77. The summed E-state index contributed by atoms with van der Waals surface area (Å²) in [5.41, 5.74) is 3.17. The monoisotopic (exact) mass is 336 g/mol. The van der Waals surface area contributed by atoms with Gasteiger partial charge in [0.05, 0.1) is 5.56 Å². The highest BCUT2D eigenvalue weighted by Gasteiger charge is 2.14. The van der Waals surface area contributed by atoms with Crippen LogP contribution >= 0.6 is 11.3 Å². The largest absolute Gasteiger partial charge is 0.355 e. The van der Waals surface area contributed by atoms with E-state index in [0.717, 1.165) is 11.1 Å². The zero-order valence-electron chi connectivity index (χ0n) is 13.1. The van der Waals surface area contributed by atoms with Gasteiger partial charge < -0.3 is 10.6 Å². The molecule has 24 heavy (non-hydrogen) atoms. The first-order chi connectivity index (χ1) is 11.7. The third-order valence-corrected chi connectivity index (χ3v) is 4.45. The molecule has 0 aliphatic carbocycles. The Morgan fingerprint density at radius 3 is 2.17 bits per heavy atom. The maximum atomic E-state index is 12.4. The molecular formula is C19H16N2O2S. The number of thiophene rings is 1. The Bertz CT molecular complexity index is 855. The average Bonchev–Trinajstić information content (AvgIpc) is 3.10. The van der Waals surface area contributed by atoms with Gasteiger partial charge in [-0.1, -0.05) is 42.5 Å². The van der Waals surface area contributed by atoms with Crippen molar-refractivity contribution in [1.29, 1.82) is 0 Å². The van der Waals surface area contributed by atoms with Crippen LogP contribution in [0.15, 0.2) is 66.0 Å². The standard InChI is InChI=1S/C19H16N2O2S/c1-20-18(23)16-11-12-24-19(16)21-17(22)15-9-7-14(8-10-15)13-5-3-2-4-6-13/h2-12H,1H3,(H,20,23)(H,21,22). The molecule has 0 aliphatic rings. The number of nitrogens with one attached hydrogen (secondary N) is 2. The number of hydrogen-bond acceptors (Lipinski definition) is 3. The van der Waals surface area contributed by atoms with E-state index in [9.17, 15) is 9.59 Å². The molecule has 0 radical (unpaired) electrons. The molecule has 3 rings (SSSR count). The third-order valence-electron chi connectivity index (χ3n) is 3.62. The summed E-state index contributed by atoms with van der Waals surface area (Å²) < 4.78 is 0. The lowest BCUT2D eigenvalue weighted by Gasteiger charge is -2.07. The molecule has 0 fully saturated rings. The van der Waals surface area contributed by atoms with Gasteiger partial charge in [-0.25, -0.2) is 0 Å². The molecule has 0 bridgehead atoms. The van der Waals surface area contributed by atoms with Crippen LogP contribution in [0.1, 0.15) is 20.7 Å². The summed E-state index contributed by atoms with van der Waals surface area (Å²) in [5, 5.41) is 7.69. The molecule has 0 spiro atoms. The molecule has 0 atom stereocenters. The van der Waals surface area contributed by atoms with Gasteiger partial charge in [-0.05, 0) is 34.7 Å². The molecule has 2 aromatic carbocycles. The molecule has 4 nitrogen and oxygen atoms in total. The second kappa shape index (κ2) is 7.10. The van der Waals surface area contributed by atoms with Crippen LogP contribution in [0.25, 0.3) is 11.1 Å². The minimum atomic E-state index is -0.234. The molecule has 3 aromatic rings. The Hall–Kier alpha value is -2.92. The highest BCUT2D eigenvalue weighted by atomic mass is 32.1. The van der Waals surface area contributed by atoms with Crippen LogP contribution in [0.4, 0.5) is 5.00 Å². The van der Waals surface area contributed by atoms with Crippen molar-refractivity contribution >= 4 is 28.2 Å². The van der Waals surface area contributed by atoms with Crippen molar-refractivity contribution in [2.45, 2.75) is 0 Å². The van der Waals surface area contributed by atoms with Gasteiger partial charge in [0.15, 0.2) is 0 Å². The Labute approximate surface area is 144 Å². The van der Waals surface area contributed by atoms with Crippen LogP contribution in [0.2, 0.25) is 0 Å². The van der Waals surface area contributed by atoms with Gasteiger partial charge in [-0.3, -0.25) is 9.59 Å². The van der Waals surface area contributed by atoms with Gasteiger partial charge in [0, 0.05) is 12.6 Å². The lowest BCUT2D eigenvalue weighted by molar-refractivity contribution is 0.0964. The van der Waals surface area contributed by atoms with Crippen molar-refractivity contribution < 1.29 is 9.59 Å². The first-order valence-electron chi connectivity index (χ1n) is 7.45. The van der Waals surface area contributed by atoms with Crippen LogP contribution in [0.5, 0.6) is 0 Å². The van der Waals surface area contributed by atoms with Gasteiger partial charge in [-0.15, -0.1) is 11.3 Å². The maximum absolute atomic E-state index is 12.4. The smallest absolute Gasteiger partial charge is 0.256 e. The predicted molar refractivity (Wildman–Crippen MR) is 97.5 cm³/mol. The summed E-state index contributed by atoms with van der Waals surface area (Å²) in [7, 11) is 1.56. The van der Waals surface area contributed by atoms with Crippen LogP contribution < -0.4 is 10.6 Å². The first-order valence-corrected chi connectivity index (χ1v) is 8.33. The number of anilines is 1. The van der Waals surface area contributed by atoms with E-state index in [1.165, 1.54) is 11.3 Å². The van der Waals surface area contributed by atoms with Crippen molar-refractivity contribution in [1.82, 2.24) is 5.32 Å². The van der Waals surface area contributed by atoms with Crippen molar-refractivity contribution in [3.8, 4) is 11.1 Å². The number of carbonyl (C=O) groups excluding carboxylic acids is 2. The van der Waals surface area contributed by atoms with Crippen LogP contribution in [0, 0.1) is 0 Å². The Kier molecular flexibility index (Phi) is 4.72. The lowest BCUT2D eigenvalue weighted by Crippen LogP contribution is -2.20. The summed E-state index contributed by atoms with van der Waals surface area (Å²) in [6, 6.07) is 19.1. The van der Waals surface area contributed by atoms with Gasteiger partial charge >= 0.3 is 0 Å². The normalized spacial score (nSPS) is 10.2. The van der Waals surface area contributed by atoms with Gasteiger partial charge in [0.1, 0.15) is 5.00 Å². The van der Waals surface area contributed by atoms with Crippen LogP contribution in [-0.2, 0) is 0 Å². The van der Waals surface area contributed by atoms with Crippen LogP contribution in [-0.4, -0.2) is 18.9 Å². The fourth-order valence-corrected chi connectivity index (χ4v) is 3.12. The molecule has 120 valence electrons. The summed E-state index contributed by atoms with van der Waals surface area (Å²) in [4.78, 5) is 24.1. The summed E-state index contributed by atoms with van der Waals surface area (Å²) in [5.74, 6) is -0.451. The fourth-order valence-electron chi connectivity index (χ4n) is 2.34. The van der Waals surface area contributed by atoms with Gasteiger partial charge in [0.2, 0.25) is 0 Å². The minimum Gasteiger partial charge on any atom is -0.355 e. The SMILES string of the molecule is CNC(=O)c1ccsc1NC(=O)c1ccc(-c2ccccc2)cc1. The number of rotatable bonds is 4. The molecule has 2 amide bonds. The maximum Gasteiger partial charge on any atom is 0.256 e. The summed E-state index contributed by atoms with van der Waals surface area (Å²) >= 11 is 1.32. The van der Waals surface area contributed by atoms with Crippen molar-refractivity contribution in [3.05, 3.63) is 77.2 Å². The van der Waals surface area contributed by atoms with Crippen LogP contribution in [0.3, 0.4) is 0 Å². The number of amides is 2. The molecule has 0 unspecified atom stereocenters. The van der Waals surface area contributed by atoms with E-state index in [1.807, 2.05) is 42.5 Å². The van der Waals surface area contributed by atoms with Crippen molar-refractivity contribution in [3.63, 3.8) is 0 Å². The van der Waals surface area contributed by atoms with Gasteiger partial charge in [0.25, 0.3) is 11.8 Å². The lowest BCUT2D eigenvalue weighted by atomic mass is 10.0. The Morgan fingerprint density at radius 1 is 0.833 bits per heavy atom. The topological polar surface area (TPSA) is 58.2 Å². The van der Waals surface area contributed by atoms with E-state index in [2.05, 4.69) is 10.6 Å². The highest BCUT2D eigenvalue weighted by molar-refractivity contribution is 7.14. The summed E-state index contributed by atoms with van der Waals surface area (Å²) in [6.07, 6.45) is 0. The number of benzene rings is 2. The fraction of sp³-hybridized carbons (Fsp3) is 0.0526. The van der Waals surface area contributed by atoms with E-state index < -0.39 is 0 Å². The molecule has 5 heteroatoms. The van der Waals surface area contributed by atoms with Gasteiger partial charge in [-0.2, -0.15) is 0 Å². The van der Waals surface area contributed by atoms with Crippen molar-refractivity contribution in [2.24, 2.45) is 0 Å². The van der Waals surface area contributed by atoms with E-state index in [1.54, 1.807) is 30.6 Å². The number of carbonyl (C=O) groups is 2. The average molecular weight is 336 g/mol. The number of hydrogen-bond donors (Lipinski definition) is 2. The first kappa shape index (κ1) is 16.0. The van der Waals surface area contributed by atoms with E-state index in [4.69, 9.17) is 0 Å². The highest BCUT2D eigenvalue weighted by Crippen LogP contribution is 2.24. The minimum absolute atomic E-state index is 0.217. The molecular weight excluding hydrogens is 320 g/mol. The zero-order chi connectivity index (χ0) is 16.9. The molecule has 2 N–H and O–H groups in total. The molecule has 0 saturated carbocycles. The molecule has 1 aromatic heterocycles. The third kappa shape index (κ3) is 3.36. The zero-order valence-corrected chi connectivity index (χ0v) is 13.9. The second-order valence-corrected chi connectivity index (χ2v) is 6.06. The predicted octanol–water partition coefficient (Wildman–Crippen LogP) is 4.03. The summed E-state index contributed by atoms with van der Waals surface area (Å²) in [6.45, 7) is 0. The van der Waals surface area contributed by atoms with E-state index >= 15 is 0 Å². The van der Waals surface area contributed by atoms with Crippen molar-refractivity contribution in [2.75, 3.05) is 12.4 Å². The second-order valence-electron chi connectivity index (χ2n) is 5.14.